The summed E-state index contributed by atoms with van der Waals surface area (Å²) in [5, 5.41) is 39.2. The molecule has 0 amide bonds. The molecule has 16 heteroatoms. The van der Waals surface area contributed by atoms with Gasteiger partial charge in [-0.3, -0.25) is 19.2 Å². The van der Waals surface area contributed by atoms with E-state index in [0.717, 1.165) is 23.5 Å². The fourth-order valence-electron chi connectivity index (χ4n) is 3.40. The zero-order valence-corrected chi connectivity index (χ0v) is 27.6. The van der Waals surface area contributed by atoms with E-state index in [1.54, 1.807) is 24.3 Å². The fraction of sp³-hybridized carbons (Fsp3) is 0.448. The number of esters is 4. The minimum Gasteiger partial charge on any atom is -0.504 e. The molecule has 0 fully saturated rings. The molecule has 0 saturated carbocycles. The highest BCUT2D eigenvalue weighted by molar-refractivity contribution is 7.99. The van der Waals surface area contributed by atoms with Crippen molar-refractivity contribution in [2.75, 3.05) is 49.4 Å². The highest BCUT2D eigenvalue weighted by Crippen LogP contribution is 2.36. The molecule has 0 aliphatic rings. The summed E-state index contributed by atoms with van der Waals surface area (Å²) in [5.41, 5.74) is -1.45. The van der Waals surface area contributed by atoms with Crippen LogP contribution in [-0.2, 0) is 38.1 Å². The van der Waals surface area contributed by atoms with Gasteiger partial charge in [0.1, 0.15) is 31.8 Å². The Labute approximate surface area is 280 Å². The number of phenols is 4. The molecule has 0 heterocycles. The van der Waals surface area contributed by atoms with Gasteiger partial charge in [-0.1, -0.05) is 12.1 Å². The lowest BCUT2D eigenvalue weighted by atomic mass is 9.92. The number of carbonyl (C=O) groups excluding carboxylic acids is 4. The Morgan fingerprint density at radius 3 is 1.24 bits per heavy atom. The van der Waals surface area contributed by atoms with Crippen molar-refractivity contribution in [3.63, 3.8) is 0 Å². The van der Waals surface area contributed by atoms with Gasteiger partial charge in [-0.2, -0.15) is 25.3 Å². The van der Waals surface area contributed by atoms with Gasteiger partial charge in [-0.05, 0) is 24.3 Å². The number of para-hydroxylation sites is 2. The third kappa shape index (κ3) is 13.8. The van der Waals surface area contributed by atoms with Crippen molar-refractivity contribution in [3.05, 3.63) is 36.4 Å². The molecule has 45 heavy (non-hydrogen) atoms. The van der Waals surface area contributed by atoms with Crippen molar-refractivity contribution in [1.82, 2.24) is 0 Å². The quantitative estimate of drug-likeness (QED) is 0.0382. The second-order valence-electron chi connectivity index (χ2n) is 9.53. The van der Waals surface area contributed by atoms with Gasteiger partial charge in [0.15, 0.2) is 23.0 Å². The number of benzene rings is 2. The molecule has 12 nitrogen and oxygen atoms in total. The summed E-state index contributed by atoms with van der Waals surface area (Å²) in [6, 6.07) is 8.89. The van der Waals surface area contributed by atoms with Gasteiger partial charge in [0.2, 0.25) is 0 Å². The van der Waals surface area contributed by atoms with Gasteiger partial charge >= 0.3 is 23.9 Å². The van der Waals surface area contributed by atoms with Crippen LogP contribution < -0.4 is 0 Å². The Bertz CT molecular complexity index is 1190. The van der Waals surface area contributed by atoms with Crippen molar-refractivity contribution in [2.24, 2.45) is 5.41 Å². The van der Waals surface area contributed by atoms with Crippen molar-refractivity contribution in [1.29, 1.82) is 0 Å². The Hall–Kier alpha value is -3.08. The van der Waals surface area contributed by atoms with Crippen molar-refractivity contribution < 1.29 is 58.6 Å². The van der Waals surface area contributed by atoms with Gasteiger partial charge in [-0.25, -0.2) is 0 Å². The zero-order chi connectivity index (χ0) is 33.2. The number of rotatable bonds is 20. The van der Waals surface area contributed by atoms with Crippen LogP contribution >= 0.6 is 48.8 Å². The zero-order valence-electron chi connectivity index (χ0n) is 24.2. The molecule has 2 rings (SSSR count). The highest BCUT2D eigenvalue weighted by atomic mass is 32.2. The number of ether oxygens (including phenoxy) is 4. The molecule has 0 atom stereocenters. The maximum atomic E-state index is 12.6. The molecular weight excluding hydrogens is 669 g/mol. The first-order valence-corrected chi connectivity index (χ1v) is 16.9. The lowest BCUT2D eigenvalue weighted by molar-refractivity contribution is -0.170. The molecule has 0 unspecified atom stereocenters. The van der Waals surface area contributed by atoms with Gasteiger partial charge in [-0.15, -0.1) is 23.5 Å². The summed E-state index contributed by atoms with van der Waals surface area (Å²) < 4.78 is 21.6. The molecule has 248 valence electrons. The normalized spacial score (nSPS) is 11.1. The van der Waals surface area contributed by atoms with E-state index in [1.807, 2.05) is 0 Å². The smallest absolute Gasteiger partial charge is 0.306 e. The first kappa shape index (κ1) is 38.1. The molecule has 0 spiro atoms. The van der Waals surface area contributed by atoms with E-state index >= 15 is 0 Å². The Kier molecular flexibility index (Phi) is 17.0. The largest absolute Gasteiger partial charge is 0.504 e. The molecule has 2 aromatic rings. The van der Waals surface area contributed by atoms with E-state index in [0.29, 0.717) is 9.79 Å². The maximum Gasteiger partial charge on any atom is 0.306 e. The van der Waals surface area contributed by atoms with Crippen LogP contribution in [-0.4, -0.2) is 93.7 Å². The van der Waals surface area contributed by atoms with E-state index in [1.165, 1.54) is 12.1 Å². The van der Waals surface area contributed by atoms with Crippen molar-refractivity contribution >= 4 is 72.7 Å². The summed E-state index contributed by atoms with van der Waals surface area (Å²) in [7, 11) is 0. The molecular formula is C29H36O12S4. The lowest BCUT2D eigenvalue weighted by Crippen LogP contribution is -2.44. The number of carbonyl (C=O) groups is 4. The SMILES string of the molecule is O=C(CCS)OCC(COC(=O)CCS)(COC(=O)CCSc1cccc(O)c1O)COC(=O)CCSc1cccc(O)c1O. The average molecular weight is 705 g/mol. The van der Waals surface area contributed by atoms with Crippen LogP contribution in [0.1, 0.15) is 25.7 Å². The fourth-order valence-corrected chi connectivity index (χ4v) is 5.57. The van der Waals surface area contributed by atoms with Crippen LogP contribution in [0.2, 0.25) is 0 Å². The topological polar surface area (TPSA) is 186 Å². The standard InChI is InChI=1S/C29H36O12S4/c30-19-3-1-5-21(27(19)36)44-13-9-25(34)40-17-29(15-38-23(32)7-11-42,16-39-24(33)8-12-43)18-41-26(35)10-14-45-22-6-2-4-20(31)28(22)37/h1-6,30-31,36-37,42-43H,7-18H2. The van der Waals surface area contributed by atoms with Gasteiger partial charge in [0, 0.05) is 23.0 Å². The second kappa shape index (κ2) is 20.1. The number of thiol groups is 2. The Morgan fingerprint density at radius 2 is 0.911 bits per heavy atom. The summed E-state index contributed by atoms with van der Waals surface area (Å²) in [5.74, 6) is -2.94. The lowest BCUT2D eigenvalue weighted by Gasteiger charge is -2.31. The van der Waals surface area contributed by atoms with Crippen LogP contribution in [0.15, 0.2) is 46.2 Å². The van der Waals surface area contributed by atoms with Crippen molar-refractivity contribution in [3.8, 4) is 23.0 Å². The predicted octanol–water partition coefficient (Wildman–Crippen LogP) is 3.97. The summed E-state index contributed by atoms with van der Waals surface area (Å²) in [6.45, 7) is -1.69. The number of aromatic hydroxyl groups is 4. The minimum atomic E-state index is -1.45. The van der Waals surface area contributed by atoms with Crippen LogP contribution in [0.25, 0.3) is 0 Å². The van der Waals surface area contributed by atoms with Crippen LogP contribution in [0.3, 0.4) is 0 Å². The van der Waals surface area contributed by atoms with E-state index in [9.17, 15) is 39.6 Å². The summed E-state index contributed by atoms with van der Waals surface area (Å²) in [4.78, 5) is 50.4. The summed E-state index contributed by atoms with van der Waals surface area (Å²) >= 11 is 10.3. The van der Waals surface area contributed by atoms with Crippen molar-refractivity contribution in [2.45, 2.75) is 35.5 Å². The van der Waals surface area contributed by atoms with Crippen LogP contribution in [0.4, 0.5) is 0 Å². The molecule has 2 aromatic carbocycles. The predicted molar refractivity (Wildman–Crippen MR) is 173 cm³/mol. The third-order valence-corrected chi connectivity index (χ3v) is 8.42. The highest BCUT2D eigenvalue weighted by Gasteiger charge is 2.38. The Balaban J connectivity index is 2.08. The van der Waals surface area contributed by atoms with Gasteiger partial charge in [0.25, 0.3) is 0 Å². The van der Waals surface area contributed by atoms with E-state index < -0.39 is 55.7 Å². The molecule has 0 aliphatic carbocycles. The molecule has 0 aromatic heterocycles. The number of phenolic OH excluding ortho intramolecular Hbond substituents is 4. The first-order chi connectivity index (χ1) is 21.5. The Morgan fingerprint density at radius 1 is 0.578 bits per heavy atom. The van der Waals surface area contributed by atoms with E-state index in [-0.39, 0.29) is 71.7 Å². The number of hydrogen-bond donors (Lipinski definition) is 6. The average Bonchev–Trinajstić information content (AvgIpc) is 3.01. The minimum absolute atomic E-state index is 0.0174. The van der Waals surface area contributed by atoms with Crippen LogP contribution in [0, 0.1) is 5.41 Å². The number of hydrogen-bond acceptors (Lipinski definition) is 16. The molecule has 4 N–H and O–H groups in total. The van der Waals surface area contributed by atoms with E-state index in [4.69, 9.17) is 18.9 Å². The molecule has 0 aliphatic heterocycles. The first-order valence-electron chi connectivity index (χ1n) is 13.6. The van der Waals surface area contributed by atoms with Gasteiger partial charge < -0.3 is 39.4 Å². The maximum absolute atomic E-state index is 12.6. The number of thioether (sulfide) groups is 2. The molecule has 0 radical (unpaired) electrons. The molecule has 0 bridgehead atoms. The van der Waals surface area contributed by atoms with E-state index in [2.05, 4.69) is 25.3 Å². The third-order valence-electron chi connectivity index (χ3n) is 5.87. The second-order valence-corrected chi connectivity index (χ2v) is 12.7. The monoisotopic (exact) mass is 704 g/mol. The van der Waals surface area contributed by atoms with Crippen LogP contribution in [0.5, 0.6) is 23.0 Å². The van der Waals surface area contributed by atoms with Gasteiger partial charge in [0.05, 0.1) is 35.5 Å². The molecule has 0 saturated heterocycles. The summed E-state index contributed by atoms with van der Waals surface area (Å²) in [6.07, 6.45) is -0.242.